The standard InChI is InChI=1S/C24H30O6/c1-14-2-7-17(24-23(28)22(27)21(26)20(12-25)30-24)11-18(14)10-15-3-5-16(6-4-15)13-29-19-8-9-19/h2-7,11,19-28H,8-10,12-13H2,1H3/t20-,21-,22+,23-,24+/m1/s1. The second kappa shape index (κ2) is 9.14. The van der Waals surface area contributed by atoms with Crippen LogP contribution in [0.2, 0.25) is 0 Å². The molecule has 30 heavy (non-hydrogen) atoms. The first-order valence-electron chi connectivity index (χ1n) is 10.6. The Bertz CT molecular complexity index is 845. The van der Waals surface area contributed by atoms with E-state index in [2.05, 4.69) is 24.3 Å². The Morgan fingerprint density at radius 2 is 1.63 bits per heavy atom. The van der Waals surface area contributed by atoms with Gasteiger partial charge in [0.1, 0.15) is 30.5 Å². The van der Waals surface area contributed by atoms with Crippen LogP contribution in [0.1, 0.15) is 46.8 Å². The lowest BCUT2D eigenvalue weighted by Crippen LogP contribution is -2.55. The van der Waals surface area contributed by atoms with Crippen LogP contribution in [0.15, 0.2) is 42.5 Å². The molecule has 1 saturated carbocycles. The van der Waals surface area contributed by atoms with Gasteiger partial charge in [0.2, 0.25) is 0 Å². The van der Waals surface area contributed by atoms with Gasteiger partial charge < -0.3 is 29.9 Å². The highest BCUT2D eigenvalue weighted by molar-refractivity contribution is 5.37. The fourth-order valence-electron chi connectivity index (χ4n) is 3.86. The van der Waals surface area contributed by atoms with E-state index in [4.69, 9.17) is 9.47 Å². The molecule has 0 aromatic heterocycles. The van der Waals surface area contributed by atoms with Crippen molar-refractivity contribution in [2.45, 2.75) is 69.4 Å². The average Bonchev–Trinajstić information content (AvgIpc) is 3.58. The molecule has 0 spiro atoms. The van der Waals surface area contributed by atoms with Crippen molar-refractivity contribution in [3.05, 3.63) is 70.3 Å². The van der Waals surface area contributed by atoms with Gasteiger partial charge in [-0.25, -0.2) is 0 Å². The van der Waals surface area contributed by atoms with Crippen LogP contribution >= 0.6 is 0 Å². The maximum atomic E-state index is 10.4. The van der Waals surface area contributed by atoms with Gasteiger partial charge in [-0.1, -0.05) is 42.5 Å². The molecule has 1 saturated heterocycles. The van der Waals surface area contributed by atoms with Crippen LogP contribution in [0.5, 0.6) is 0 Å². The summed E-state index contributed by atoms with van der Waals surface area (Å²) in [7, 11) is 0. The minimum absolute atomic E-state index is 0.434. The highest BCUT2D eigenvalue weighted by atomic mass is 16.5. The first-order valence-corrected chi connectivity index (χ1v) is 10.6. The van der Waals surface area contributed by atoms with E-state index >= 15 is 0 Å². The van der Waals surface area contributed by atoms with E-state index in [0.29, 0.717) is 18.3 Å². The highest BCUT2D eigenvalue weighted by Crippen LogP contribution is 2.33. The molecule has 5 atom stereocenters. The molecule has 0 unspecified atom stereocenters. The third-order valence-corrected chi connectivity index (χ3v) is 6.02. The Morgan fingerprint density at radius 1 is 0.933 bits per heavy atom. The van der Waals surface area contributed by atoms with Crippen molar-refractivity contribution in [1.82, 2.24) is 0 Å². The van der Waals surface area contributed by atoms with E-state index in [1.807, 2.05) is 25.1 Å². The van der Waals surface area contributed by atoms with Crippen molar-refractivity contribution in [1.29, 1.82) is 0 Å². The van der Waals surface area contributed by atoms with Crippen molar-refractivity contribution < 1.29 is 29.9 Å². The molecule has 6 heteroatoms. The van der Waals surface area contributed by atoms with Crippen LogP contribution in [0.3, 0.4) is 0 Å². The lowest BCUT2D eigenvalue weighted by Gasteiger charge is -2.40. The van der Waals surface area contributed by atoms with Gasteiger partial charge in [0.25, 0.3) is 0 Å². The molecule has 2 aromatic rings. The van der Waals surface area contributed by atoms with Crippen molar-refractivity contribution in [2.24, 2.45) is 0 Å². The molecular weight excluding hydrogens is 384 g/mol. The predicted octanol–water partition coefficient (Wildman–Crippen LogP) is 1.78. The number of aliphatic hydroxyl groups excluding tert-OH is 4. The van der Waals surface area contributed by atoms with Crippen LogP contribution in [0.4, 0.5) is 0 Å². The third-order valence-electron chi connectivity index (χ3n) is 6.02. The molecule has 162 valence electrons. The summed E-state index contributed by atoms with van der Waals surface area (Å²) in [5.41, 5.74) is 5.24. The van der Waals surface area contributed by atoms with Crippen LogP contribution in [-0.2, 0) is 22.5 Å². The molecule has 1 heterocycles. The van der Waals surface area contributed by atoms with Gasteiger partial charge in [0.05, 0.1) is 19.3 Å². The van der Waals surface area contributed by atoms with E-state index in [1.165, 1.54) is 18.4 Å². The largest absolute Gasteiger partial charge is 0.394 e. The van der Waals surface area contributed by atoms with Gasteiger partial charge in [-0.15, -0.1) is 0 Å². The molecule has 0 bridgehead atoms. The molecule has 1 aliphatic carbocycles. The Morgan fingerprint density at radius 3 is 2.30 bits per heavy atom. The Labute approximate surface area is 176 Å². The smallest absolute Gasteiger partial charge is 0.113 e. The van der Waals surface area contributed by atoms with Crippen molar-refractivity contribution in [3.63, 3.8) is 0 Å². The highest BCUT2D eigenvalue weighted by Gasteiger charge is 2.43. The average molecular weight is 414 g/mol. The zero-order valence-electron chi connectivity index (χ0n) is 17.1. The Kier molecular flexibility index (Phi) is 6.53. The zero-order valence-corrected chi connectivity index (χ0v) is 17.1. The second-order valence-corrected chi connectivity index (χ2v) is 8.44. The molecule has 4 N–H and O–H groups in total. The zero-order chi connectivity index (χ0) is 21.3. The lowest BCUT2D eigenvalue weighted by molar-refractivity contribution is -0.231. The summed E-state index contributed by atoms with van der Waals surface area (Å²) in [6, 6.07) is 14.2. The molecule has 2 aliphatic rings. The molecule has 6 nitrogen and oxygen atoms in total. The fourth-order valence-corrected chi connectivity index (χ4v) is 3.86. The van der Waals surface area contributed by atoms with E-state index in [1.54, 1.807) is 0 Å². The molecule has 0 amide bonds. The van der Waals surface area contributed by atoms with Crippen molar-refractivity contribution >= 4 is 0 Å². The van der Waals surface area contributed by atoms with Crippen molar-refractivity contribution in [3.8, 4) is 0 Å². The summed E-state index contributed by atoms with van der Waals surface area (Å²) in [6.45, 7) is 2.25. The third kappa shape index (κ3) is 4.75. The Hall–Kier alpha value is -1.80. The minimum atomic E-state index is -1.38. The van der Waals surface area contributed by atoms with E-state index < -0.39 is 37.1 Å². The maximum absolute atomic E-state index is 10.4. The summed E-state index contributed by atoms with van der Waals surface area (Å²) in [5, 5.41) is 40.0. The van der Waals surface area contributed by atoms with Crippen LogP contribution in [0.25, 0.3) is 0 Å². The first-order chi connectivity index (χ1) is 14.5. The Balaban J connectivity index is 1.48. The van der Waals surface area contributed by atoms with Gasteiger partial charge in [0, 0.05) is 0 Å². The van der Waals surface area contributed by atoms with Gasteiger partial charge >= 0.3 is 0 Å². The van der Waals surface area contributed by atoms with E-state index in [0.717, 1.165) is 23.1 Å². The van der Waals surface area contributed by atoms with Gasteiger partial charge in [-0.05, 0) is 54.0 Å². The molecule has 1 aliphatic heterocycles. The summed E-state index contributed by atoms with van der Waals surface area (Å²) in [4.78, 5) is 0. The summed E-state index contributed by atoms with van der Waals surface area (Å²) in [6.07, 6.45) is -2.23. The predicted molar refractivity (Wildman–Crippen MR) is 111 cm³/mol. The maximum Gasteiger partial charge on any atom is 0.113 e. The number of aliphatic hydroxyl groups is 4. The normalized spacial score (nSPS) is 29.2. The SMILES string of the molecule is Cc1ccc([C@@H]2O[C@H](CO)[C@@H](O)[C@H](O)[C@H]2O)cc1Cc1ccc(COC2CC2)cc1. The monoisotopic (exact) mass is 414 g/mol. The van der Waals surface area contributed by atoms with E-state index in [-0.39, 0.29) is 0 Å². The molecular formula is C24H30O6. The molecule has 2 fully saturated rings. The number of benzene rings is 2. The summed E-state index contributed by atoms with van der Waals surface area (Å²) >= 11 is 0. The van der Waals surface area contributed by atoms with Crippen LogP contribution < -0.4 is 0 Å². The molecule has 4 rings (SSSR count). The fraction of sp³-hybridized carbons (Fsp3) is 0.500. The lowest BCUT2D eigenvalue weighted by atomic mass is 9.89. The number of aryl methyl sites for hydroxylation is 1. The number of ether oxygens (including phenoxy) is 2. The quantitative estimate of drug-likeness (QED) is 0.551. The number of hydrogen-bond acceptors (Lipinski definition) is 6. The number of hydrogen-bond donors (Lipinski definition) is 4. The van der Waals surface area contributed by atoms with Crippen LogP contribution in [-0.4, -0.2) is 57.6 Å². The summed E-state index contributed by atoms with van der Waals surface area (Å²) in [5.74, 6) is 0. The molecule has 2 aromatic carbocycles. The first kappa shape index (κ1) is 21.4. The molecule has 0 radical (unpaired) electrons. The minimum Gasteiger partial charge on any atom is -0.394 e. The van der Waals surface area contributed by atoms with Gasteiger partial charge in [-0.2, -0.15) is 0 Å². The second-order valence-electron chi connectivity index (χ2n) is 8.44. The van der Waals surface area contributed by atoms with E-state index in [9.17, 15) is 20.4 Å². The van der Waals surface area contributed by atoms with Gasteiger partial charge in [-0.3, -0.25) is 0 Å². The van der Waals surface area contributed by atoms with Crippen LogP contribution in [0, 0.1) is 6.92 Å². The number of rotatable bonds is 7. The topological polar surface area (TPSA) is 99.4 Å². The summed E-state index contributed by atoms with van der Waals surface area (Å²) < 4.78 is 11.5. The van der Waals surface area contributed by atoms with Crippen molar-refractivity contribution in [2.75, 3.05) is 6.61 Å². The van der Waals surface area contributed by atoms with Gasteiger partial charge in [0.15, 0.2) is 0 Å².